The number of benzene rings is 1. The molecule has 0 aliphatic carbocycles. The maximum Gasteiger partial charge on any atom is 0.416 e. The quantitative estimate of drug-likeness (QED) is 0.668. The van der Waals surface area contributed by atoms with Crippen molar-refractivity contribution < 1.29 is 32.3 Å². The van der Waals surface area contributed by atoms with E-state index in [4.69, 9.17) is 4.74 Å². The van der Waals surface area contributed by atoms with E-state index in [0.717, 1.165) is 31.0 Å². The van der Waals surface area contributed by atoms with Gasteiger partial charge in [0.2, 0.25) is 5.91 Å². The van der Waals surface area contributed by atoms with Crippen LogP contribution in [-0.2, 0) is 15.7 Å². The van der Waals surface area contributed by atoms with E-state index in [1.165, 1.54) is 12.1 Å². The Kier molecular flexibility index (Phi) is 6.87. The van der Waals surface area contributed by atoms with Crippen molar-refractivity contribution in [1.82, 2.24) is 15.5 Å². The van der Waals surface area contributed by atoms with Crippen LogP contribution in [0, 0.1) is 0 Å². The molecule has 2 fully saturated rings. The number of halogens is 3. The lowest BCUT2D eigenvalue weighted by Crippen LogP contribution is -2.53. The van der Waals surface area contributed by atoms with Gasteiger partial charge in [-0.1, -0.05) is 18.7 Å². The Morgan fingerprint density at radius 3 is 2.48 bits per heavy atom. The first-order chi connectivity index (χ1) is 14.7. The van der Waals surface area contributed by atoms with Gasteiger partial charge in [0.1, 0.15) is 6.61 Å². The van der Waals surface area contributed by atoms with E-state index < -0.39 is 23.6 Å². The molecule has 2 saturated heterocycles. The summed E-state index contributed by atoms with van der Waals surface area (Å²) in [5.74, 6) is -1.20. The first-order valence-electron chi connectivity index (χ1n) is 10.00. The first kappa shape index (κ1) is 22.6. The minimum Gasteiger partial charge on any atom is -0.445 e. The number of nitrogens with one attached hydrogen (secondary N) is 2. The van der Waals surface area contributed by atoms with Crippen LogP contribution in [-0.4, -0.2) is 54.1 Å². The number of ether oxygens (including phenoxy) is 1. The van der Waals surface area contributed by atoms with Gasteiger partial charge in [0, 0.05) is 23.7 Å². The normalized spacial score (nSPS) is 22.5. The van der Waals surface area contributed by atoms with Crippen molar-refractivity contribution in [3.63, 3.8) is 0 Å². The van der Waals surface area contributed by atoms with E-state index in [0.29, 0.717) is 12.8 Å². The number of nitrogens with zero attached hydrogens (tertiary/aromatic N) is 1. The van der Waals surface area contributed by atoms with Crippen molar-refractivity contribution in [2.45, 2.75) is 50.0 Å². The van der Waals surface area contributed by atoms with Gasteiger partial charge in [-0.2, -0.15) is 13.2 Å². The maximum atomic E-state index is 12.8. The molecule has 1 aromatic rings. The van der Waals surface area contributed by atoms with Crippen molar-refractivity contribution in [2.75, 3.05) is 13.2 Å². The smallest absolute Gasteiger partial charge is 0.416 e. The molecule has 168 valence electrons. The standard InChI is InChI=1S/C21H24F3N3O4/c1-2-8-31-20(30)27-16-6-7-17(27)11-15(10-16)26-18(28)12-25-19(29)13-4-3-5-14(9-13)21(22,23)24/h2-5,9,15-17H,1,6-8,10-12H2,(H,25,29)(H,26,28)/t15-,16-,17+. The van der Waals surface area contributed by atoms with E-state index in [2.05, 4.69) is 17.2 Å². The summed E-state index contributed by atoms with van der Waals surface area (Å²) in [5, 5.41) is 5.18. The number of piperidine rings is 1. The van der Waals surface area contributed by atoms with Crippen LogP contribution in [0.1, 0.15) is 41.6 Å². The molecule has 10 heteroatoms. The molecule has 0 unspecified atom stereocenters. The molecule has 2 aliphatic heterocycles. The zero-order chi connectivity index (χ0) is 22.6. The Bertz CT molecular complexity index is 845. The summed E-state index contributed by atoms with van der Waals surface area (Å²) in [7, 11) is 0. The lowest BCUT2D eigenvalue weighted by Gasteiger charge is -2.38. The Labute approximate surface area is 177 Å². The van der Waals surface area contributed by atoms with Crippen LogP contribution >= 0.6 is 0 Å². The van der Waals surface area contributed by atoms with Gasteiger partial charge in [-0.25, -0.2) is 4.79 Å². The van der Waals surface area contributed by atoms with E-state index in [1.54, 1.807) is 4.90 Å². The number of hydrogen-bond acceptors (Lipinski definition) is 4. The van der Waals surface area contributed by atoms with Crippen molar-refractivity contribution in [1.29, 1.82) is 0 Å². The number of alkyl halides is 3. The number of fused-ring (bicyclic) bond motifs is 2. The van der Waals surface area contributed by atoms with Crippen LogP contribution in [0.4, 0.5) is 18.0 Å². The van der Waals surface area contributed by atoms with Gasteiger partial charge in [-0.05, 0) is 43.9 Å². The molecule has 3 atom stereocenters. The third-order valence-electron chi connectivity index (χ3n) is 5.50. The monoisotopic (exact) mass is 439 g/mol. The molecular formula is C21H24F3N3O4. The molecule has 3 rings (SSSR count). The second-order valence-electron chi connectivity index (χ2n) is 7.65. The summed E-state index contributed by atoms with van der Waals surface area (Å²) < 4.78 is 43.5. The molecule has 0 saturated carbocycles. The topological polar surface area (TPSA) is 87.7 Å². The summed E-state index contributed by atoms with van der Waals surface area (Å²) >= 11 is 0. The third kappa shape index (κ3) is 5.56. The van der Waals surface area contributed by atoms with Gasteiger partial charge in [0.05, 0.1) is 12.1 Å². The fourth-order valence-electron chi connectivity index (χ4n) is 4.18. The highest BCUT2D eigenvalue weighted by Crippen LogP contribution is 2.36. The van der Waals surface area contributed by atoms with E-state index in [1.807, 2.05) is 0 Å². The molecule has 0 spiro atoms. The zero-order valence-electron chi connectivity index (χ0n) is 16.8. The van der Waals surface area contributed by atoms with Crippen LogP contribution in [0.2, 0.25) is 0 Å². The Morgan fingerprint density at radius 2 is 1.87 bits per heavy atom. The zero-order valence-corrected chi connectivity index (χ0v) is 16.8. The molecule has 2 aliphatic rings. The number of carbonyl (C=O) groups excluding carboxylic acids is 3. The van der Waals surface area contributed by atoms with Gasteiger partial charge in [-0.15, -0.1) is 0 Å². The lowest BCUT2D eigenvalue weighted by molar-refractivity contribution is -0.137. The fraction of sp³-hybridized carbons (Fsp3) is 0.476. The van der Waals surface area contributed by atoms with Gasteiger partial charge in [0.25, 0.3) is 5.91 Å². The van der Waals surface area contributed by atoms with Crippen molar-refractivity contribution in [3.8, 4) is 0 Å². The highest BCUT2D eigenvalue weighted by Gasteiger charge is 2.44. The molecular weight excluding hydrogens is 415 g/mol. The Balaban J connectivity index is 1.48. The fourth-order valence-corrected chi connectivity index (χ4v) is 4.18. The molecule has 1 aromatic carbocycles. The van der Waals surface area contributed by atoms with Crippen LogP contribution in [0.25, 0.3) is 0 Å². The van der Waals surface area contributed by atoms with Crippen LogP contribution in [0.5, 0.6) is 0 Å². The second kappa shape index (κ2) is 9.40. The highest BCUT2D eigenvalue weighted by atomic mass is 19.4. The molecule has 3 amide bonds. The second-order valence-corrected chi connectivity index (χ2v) is 7.65. The van der Waals surface area contributed by atoms with E-state index in [9.17, 15) is 27.6 Å². The summed E-state index contributed by atoms with van der Waals surface area (Å²) in [6.45, 7) is 3.30. The lowest BCUT2D eigenvalue weighted by atomic mass is 9.97. The van der Waals surface area contributed by atoms with Gasteiger partial charge in [-0.3, -0.25) is 9.59 Å². The number of rotatable bonds is 6. The van der Waals surface area contributed by atoms with Gasteiger partial charge >= 0.3 is 12.3 Å². The highest BCUT2D eigenvalue weighted by molar-refractivity contribution is 5.96. The van der Waals surface area contributed by atoms with Crippen molar-refractivity contribution in [3.05, 3.63) is 48.0 Å². The number of carbonyl (C=O) groups is 3. The summed E-state index contributed by atoms with van der Waals surface area (Å²) in [4.78, 5) is 38.3. The Hall–Kier alpha value is -3.04. The van der Waals surface area contributed by atoms with Crippen LogP contribution < -0.4 is 10.6 Å². The summed E-state index contributed by atoms with van der Waals surface area (Å²) in [5.41, 5.74) is -1.11. The minimum absolute atomic E-state index is 0.0268. The van der Waals surface area contributed by atoms with Gasteiger partial charge < -0.3 is 20.3 Å². The Morgan fingerprint density at radius 1 is 1.19 bits per heavy atom. The third-order valence-corrected chi connectivity index (χ3v) is 5.50. The predicted octanol–water partition coefficient (Wildman–Crippen LogP) is 2.87. The number of hydrogen-bond donors (Lipinski definition) is 2. The first-order valence-corrected chi connectivity index (χ1v) is 10.00. The average molecular weight is 439 g/mol. The van der Waals surface area contributed by atoms with Crippen LogP contribution in [0.3, 0.4) is 0 Å². The molecule has 0 radical (unpaired) electrons. The maximum absolute atomic E-state index is 12.8. The van der Waals surface area contributed by atoms with E-state index in [-0.39, 0.29) is 42.9 Å². The summed E-state index contributed by atoms with van der Waals surface area (Å²) in [6.07, 6.45) is -0.634. The van der Waals surface area contributed by atoms with Crippen molar-refractivity contribution >= 4 is 17.9 Å². The average Bonchev–Trinajstić information content (AvgIpc) is 3.00. The van der Waals surface area contributed by atoms with Gasteiger partial charge in [0.15, 0.2) is 0 Å². The predicted molar refractivity (Wildman–Crippen MR) is 105 cm³/mol. The molecule has 7 nitrogen and oxygen atoms in total. The molecule has 2 heterocycles. The molecule has 2 bridgehead atoms. The van der Waals surface area contributed by atoms with Crippen molar-refractivity contribution in [2.24, 2.45) is 0 Å². The summed E-state index contributed by atoms with van der Waals surface area (Å²) in [6, 6.07) is 3.80. The van der Waals surface area contributed by atoms with E-state index >= 15 is 0 Å². The molecule has 31 heavy (non-hydrogen) atoms. The molecule has 2 N–H and O–H groups in total. The molecule has 0 aromatic heterocycles. The largest absolute Gasteiger partial charge is 0.445 e. The minimum atomic E-state index is -4.56. The SMILES string of the molecule is C=CCOC(=O)N1[C@@H]2CC[C@H]1C[C@H](NC(=O)CNC(=O)c1cccc(C(F)(F)F)c1)C2. The number of amides is 3. The van der Waals surface area contributed by atoms with Crippen LogP contribution in [0.15, 0.2) is 36.9 Å².